The summed E-state index contributed by atoms with van der Waals surface area (Å²) in [6, 6.07) is 2.91. The Balaban J connectivity index is 1.51. The summed E-state index contributed by atoms with van der Waals surface area (Å²) in [6.07, 6.45) is 6.44. The van der Waals surface area contributed by atoms with Crippen LogP contribution in [0.4, 0.5) is 0 Å². The lowest BCUT2D eigenvalue weighted by Gasteiger charge is -2.32. The van der Waals surface area contributed by atoms with Gasteiger partial charge in [-0.05, 0) is 38.7 Å². The van der Waals surface area contributed by atoms with Crippen LogP contribution in [0.2, 0.25) is 0 Å². The predicted molar refractivity (Wildman–Crippen MR) is 68.5 cm³/mol. The molecule has 2 aliphatic rings. The number of aryl methyl sites for hydroxylation is 1. The standard InChI is InChI=1S/C14H20N2O2/c1-10-13(6-9-18-10)14(17)15-11-4-7-16(8-5-11)12-2-3-12/h6,9,11-12H,2-5,7-8H2,1H3,(H,15,17). The highest BCUT2D eigenvalue weighted by molar-refractivity contribution is 5.95. The summed E-state index contributed by atoms with van der Waals surface area (Å²) in [4.78, 5) is 14.6. The van der Waals surface area contributed by atoms with Gasteiger partial charge in [0.25, 0.3) is 5.91 Å². The third kappa shape index (κ3) is 2.43. The molecule has 18 heavy (non-hydrogen) atoms. The summed E-state index contributed by atoms with van der Waals surface area (Å²) in [7, 11) is 0. The van der Waals surface area contributed by atoms with Crippen LogP contribution >= 0.6 is 0 Å². The highest BCUT2D eigenvalue weighted by Gasteiger charge is 2.32. The van der Waals surface area contributed by atoms with Crippen LogP contribution < -0.4 is 5.32 Å². The maximum atomic E-state index is 12.0. The number of rotatable bonds is 3. The lowest BCUT2D eigenvalue weighted by molar-refractivity contribution is 0.0907. The first-order valence-corrected chi connectivity index (χ1v) is 6.83. The molecule has 4 heteroatoms. The molecule has 1 saturated heterocycles. The molecule has 1 aliphatic heterocycles. The first-order chi connectivity index (χ1) is 8.74. The molecule has 4 nitrogen and oxygen atoms in total. The minimum absolute atomic E-state index is 0.00567. The molecule has 0 radical (unpaired) electrons. The SMILES string of the molecule is Cc1occc1C(=O)NC1CCN(C2CC2)CC1. The van der Waals surface area contributed by atoms with Crippen molar-refractivity contribution >= 4 is 5.91 Å². The van der Waals surface area contributed by atoms with Gasteiger partial charge in [-0.15, -0.1) is 0 Å². The Morgan fingerprint density at radius 1 is 1.33 bits per heavy atom. The van der Waals surface area contributed by atoms with Gasteiger partial charge in [0, 0.05) is 25.2 Å². The fourth-order valence-corrected chi connectivity index (χ4v) is 2.73. The monoisotopic (exact) mass is 248 g/mol. The van der Waals surface area contributed by atoms with Gasteiger partial charge in [0.1, 0.15) is 5.76 Å². The molecule has 1 saturated carbocycles. The highest BCUT2D eigenvalue weighted by Crippen LogP contribution is 2.29. The smallest absolute Gasteiger partial charge is 0.255 e. The topological polar surface area (TPSA) is 45.5 Å². The van der Waals surface area contributed by atoms with Gasteiger partial charge < -0.3 is 14.6 Å². The molecule has 1 amide bonds. The molecule has 2 heterocycles. The number of hydrogen-bond donors (Lipinski definition) is 1. The van der Waals surface area contributed by atoms with Crippen molar-refractivity contribution < 1.29 is 9.21 Å². The van der Waals surface area contributed by atoms with Gasteiger partial charge in [-0.3, -0.25) is 4.79 Å². The van der Waals surface area contributed by atoms with E-state index in [0.29, 0.717) is 17.4 Å². The van der Waals surface area contributed by atoms with Crippen LogP contribution in [0.3, 0.4) is 0 Å². The zero-order chi connectivity index (χ0) is 12.5. The van der Waals surface area contributed by atoms with Crippen molar-refractivity contribution in [3.8, 4) is 0 Å². The van der Waals surface area contributed by atoms with E-state index in [0.717, 1.165) is 32.0 Å². The lowest BCUT2D eigenvalue weighted by Crippen LogP contribution is -2.45. The minimum Gasteiger partial charge on any atom is -0.469 e. The van der Waals surface area contributed by atoms with Crippen molar-refractivity contribution in [1.82, 2.24) is 10.2 Å². The average Bonchev–Trinajstić information content (AvgIpc) is 3.12. The largest absolute Gasteiger partial charge is 0.469 e. The van der Waals surface area contributed by atoms with Crippen LogP contribution in [-0.2, 0) is 0 Å². The number of carbonyl (C=O) groups is 1. The van der Waals surface area contributed by atoms with Crippen LogP contribution in [0.25, 0.3) is 0 Å². The second-order valence-electron chi connectivity index (χ2n) is 5.41. The van der Waals surface area contributed by atoms with Gasteiger partial charge in [-0.1, -0.05) is 0 Å². The van der Waals surface area contributed by atoms with E-state index in [4.69, 9.17) is 4.42 Å². The van der Waals surface area contributed by atoms with Crippen LogP contribution in [-0.4, -0.2) is 36.0 Å². The molecule has 0 unspecified atom stereocenters. The first-order valence-electron chi connectivity index (χ1n) is 6.83. The van der Waals surface area contributed by atoms with E-state index in [1.165, 1.54) is 12.8 Å². The Bertz CT molecular complexity index is 429. The van der Waals surface area contributed by atoms with Crippen molar-refractivity contribution in [2.75, 3.05) is 13.1 Å². The molecule has 0 atom stereocenters. The summed E-state index contributed by atoms with van der Waals surface area (Å²) < 4.78 is 5.16. The molecular weight excluding hydrogens is 228 g/mol. The van der Waals surface area contributed by atoms with Gasteiger partial charge >= 0.3 is 0 Å². The van der Waals surface area contributed by atoms with Crippen molar-refractivity contribution in [2.45, 2.75) is 44.7 Å². The Morgan fingerprint density at radius 2 is 2.06 bits per heavy atom. The molecule has 1 aromatic rings. The second-order valence-corrected chi connectivity index (χ2v) is 5.41. The van der Waals surface area contributed by atoms with E-state index in [2.05, 4.69) is 10.2 Å². The highest BCUT2D eigenvalue weighted by atomic mass is 16.3. The van der Waals surface area contributed by atoms with Crippen molar-refractivity contribution in [1.29, 1.82) is 0 Å². The molecule has 1 aromatic heterocycles. The van der Waals surface area contributed by atoms with Gasteiger partial charge in [-0.2, -0.15) is 0 Å². The molecule has 2 fully saturated rings. The number of hydrogen-bond acceptors (Lipinski definition) is 3. The Kier molecular flexibility index (Phi) is 3.12. The quantitative estimate of drug-likeness (QED) is 0.889. The summed E-state index contributed by atoms with van der Waals surface area (Å²) in [5, 5.41) is 3.12. The number of likely N-dealkylation sites (tertiary alicyclic amines) is 1. The van der Waals surface area contributed by atoms with E-state index in [9.17, 15) is 4.79 Å². The fraction of sp³-hybridized carbons (Fsp3) is 0.643. The number of amides is 1. The van der Waals surface area contributed by atoms with Gasteiger partial charge in [0.2, 0.25) is 0 Å². The molecule has 0 spiro atoms. The molecule has 0 aromatic carbocycles. The summed E-state index contributed by atoms with van der Waals surface area (Å²) in [5.41, 5.74) is 0.666. The molecule has 1 aliphatic carbocycles. The number of piperidine rings is 1. The molecule has 1 N–H and O–H groups in total. The summed E-state index contributed by atoms with van der Waals surface area (Å²) in [5.74, 6) is 0.703. The van der Waals surface area contributed by atoms with E-state index in [1.54, 1.807) is 12.3 Å². The number of furan rings is 1. The van der Waals surface area contributed by atoms with E-state index >= 15 is 0 Å². The van der Waals surface area contributed by atoms with Crippen molar-refractivity contribution in [2.24, 2.45) is 0 Å². The maximum absolute atomic E-state index is 12.0. The first kappa shape index (κ1) is 11.8. The predicted octanol–water partition coefficient (Wildman–Crippen LogP) is 1.94. The maximum Gasteiger partial charge on any atom is 0.255 e. The van der Waals surface area contributed by atoms with Crippen LogP contribution in [0.5, 0.6) is 0 Å². The van der Waals surface area contributed by atoms with Crippen LogP contribution in [0, 0.1) is 6.92 Å². The van der Waals surface area contributed by atoms with Gasteiger partial charge in [-0.25, -0.2) is 0 Å². The number of nitrogens with zero attached hydrogens (tertiary/aromatic N) is 1. The van der Waals surface area contributed by atoms with Gasteiger partial charge in [0.15, 0.2) is 0 Å². The van der Waals surface area contributed by atoms with E-state index < -0.39 is 0 Å². The summed E-state index contributed by atoms with van der Waals surface area (Å²) >= 11 is 0. The molecule has 0 bridgehead atoms. The molecular formula is C14H20N2O2. The third-order valence-electron chi connectivity index (χ3n) is 4.03. The third-order valence-corrected chi connectivity index (χ3v) is 4.03. The zero-order valence-corrected chi connectivity index (χ0v) is 10.8. The second kappa shape index (κ2) is 4.76. The van der Waals surface area contributed by atoms with Crippen molar-refractivity contribution in [3.63, 3.8) is 0 Å². The van der Waals surface area contributed by atoms with E-state index in [-0.39, 0.29) is 5.91 Å². The normalized spacial score (nSPS) is 22.1. The Hall–Kier alpha value is -1.29. The van der Waals surface area contributed by atoms with Gasteiger partial charge in [0.05, 0.1) is 11.8 Å². The number of nitrogens with one attached hydrogen (secondary N) is 1. The minimum atomic E-state index is 0.00567. The lowest BCUT2D eigenvalue weighted by atomic mass is 10.0. The van der Waals surface area contributed by atoms with Crippen molar-refractivity contribution in [3.05, 3.63) is 23.7 Å². The fourth-order valence-electron chi connectivity index (χ4n) is 2.73. The molecule has 98 valence electrons. The van der Waals surface area contributed by atoms with E-state index in [1.807, 2.05) is 6.92 Å². The average molecular weight is 248 g/mol. The number of carbonyl (C=O) groups excluding carboxylic acids is 1. The van der Waals surface area contributed by atoms with Crippen LogP contribution in [0.15, 0.2) is 16.7 Å². The van der Waals surface area contributed by atoms with Crippen LogP contribution in [0.1, 0.15) is 41.8 Å². The Morgan fingerprint density at radius 3 is 2.61 bits per heavy atom. The zero-order valence-electron chi connectivity index (χ0n) is 10.8. The molecule has 3 rings (SSSR count). The summed E-state index contributed by atoms with van der Waals surface area (Å²) in [6.45, 7) is 4.07. The Labute approximate surface area is 107 Å².